The van der Waals surface area contributed by atoms with E-state index in [1.54, 1.807) is 0 Å². The van der Waals surface area contributed by atoms with E-state index in [1.807, 2.05) is 25.3 Å². The van der Waals surface area contributed by atoms with Crippen LogP contribution in [0, 0.1) is 13.8 Å². The third-order valence-electron chi connectivity index (χ3n) is 2.29. The molecule has 74 valence electrons. The molecule has 0 saturated carbocycles. The Morgan fingerprint density at radius 1 is 1.54 bits per heavy atom. The van der Waals surface area contributed by atoms with E-state index in [-0.39, 0.29) is 12.8 Å². The molecule has 0 fully saturated rings. The van der Waals surface area contributed by atoms with Crippen LogP contribution in [0.1, 0.15) is 36.7 Å². The molecule has 0 aliphatic heterocycles. The molecule has 0 aliphatic rings. The largest absolute Gasteiger partial charge is 0.390 e. The summed E-state index contributed by atoms with van der Waals surface area (Å²) in [4.78, 5) is 4.27. The highest BCUT2D eigenvalue weighted by molar-refractivity contribution is 5.15. The maximum absolute atomic E-state index is 9.14. The highest BCUT2D eigenvalue weighted by Gasteiger charge is 2.14. The van der Waals surface area contributed by atoms with Gasteiger partial charge >= 0.3 is 0 Å². The van der Waals surface area contributed by atoms with Crippen molar-refractivity contribution in [3.63, 3.8) is 0 Å². The molecular formula is C9H17N3O. The highest BCUT2D eigenvalue weighted by atomic mass is 16.3. The second-order valence-corrected chi connectivity index (χ2v) is 3.19. The number of aliphatic hydroxyl groups is 1. The van der Waals surface area contributed by atoms with Crippen molar-refractivity contribution in [3.8, 4) is 0 Å². The van der Waals surface area contributed by atoms with Gasteiger partial charge in [-0.15, -0.1) is 0 Å². The van der Waals surface area contributed by atoms with E-state index in [0.717, 1.165) is 23.6 Å². The molecule has 3 N–H and O–H groups in total. The van der Waals surface area contributed by atoms with Crippen molar-refractivity contribution in [2.45, 2.75) is 40.0 Å². The number of aromatic nitrogens is 2. The van der Waals surface area contributed by atoms with E-state index in [4.69, 9.17) is 10.8 Å². The van der Waals surface area contributed by atoms with Crippen molar-refractivity contribution in [2.75, 3.05) is 0 Å². The Labute approximate surface area is 78.4 Å². The Hall–Kier alpha value is -0.870. The van der Waals surface area contributed by atoms with Crippen LogP contribution in [0.2, 0.25) is 0 Å². The number of rotatable bonds is 3. The van der Waals surface area contributed by atoms with Gasteiger partial charge in [0, 0.05) is 0 Å². The van der Waals surface area contributed by atoms with Crippen LogP contribution in [0.3, 0.4) is 0 Å². The van der Waals surface area contributed by atoms with Gasteiger partial charge in [0.15, 0.2) is 0 Å². The van der Waals surface area contributed by atoms with Crippen molar-refractivity contribution in [3.05, 3.63) is 17.2 Å². The first-order chi connectivity index (χ1) is 6.11. The van der Waals surface area contributed by atoms with E-state index < -0.39 is 0 Å². The maximum atomic E-state index is 9.14. The molecular weight excluding hydrogens is 166 g/mol. The third kappa shape index (κ3) is 1.73. The first-order valence-electron chi connectivity index (χ1n) is 4.52. The molecule has 0 bridgehead atoms. The fourth-order valence-electron chi connectivity index (χ4n) is 1.54. The Morgan fingerprint density at radius 3 is 2.62 bits per heavy atom. The standard InChI is InChI=1S/C9H17N3O/c1-4-9(10)12-7(3)11-6(2)8(12)5-13/h9,13H,4-5,10H2,1-3H3. The number of aryl methyl sites for hydroxylation is 2. The Morgan fingerprint density at radius 2 is 2.15 bits per heavy atom. The third-order valence-corrected chi connectivity index (χ3v) is 2.29. The van der Waals surface area contributed by atoms with Crippen molar-refractivity contribution < 1.29 is 5.11 Å². The summed E-state index contributed by atoms with van der Waals surface area (Å²) in [5, 5.41) is 9.14. The summed E-state index contributed by atoms with van der Waals surface area (Å²) in [5.41, 5.74) is 7.59. The lowest BCUT2D eigenvalue weighted by atomic mass is 10.3. The minimum Gasteiger partial charge on any atom is -0.390 e. The molecule has 1 unspecified atom stereocenters. The second-order valence-electron chi connectivity index (χ2n) is 3.19. The fraction of sp³-hybridized carbons (Fsp3) is 0.667. The van der Waals surface area contributed by atoms with Crippen LogP contribution in [0.5, 0.6) is 0 Å². The monoisotopic (exact) mass is 183 g/mol. The molecule has 1 heterocycles. The van der Waals surface area contributed by atoms with Gasteiger partial charge in [0.05, 0.1) is 24.2 Å². The van der Waals surface area contributed by atoms with Crippen LogP contribution >= 0.6 is 0 Å². The van der Waals surface area contributed by atoms with Crippen LogP contribution in [0.25, 0.3) is 0 Å². The molecule has 0 saturated heterocycles. The predicted octanol–water partition coefficient (Wildman–Crippen LogP) is 0.860. The minimum absolute atomic E-state index is 0.000370. The smallest absolute Gasteiger partial charge is 0.107 e. The second kappa shape index (κ2) is 3.89. The normalized spacial score (nSPS) is 13.3. The number of hydrogen-bond acceptors (Lipinski definition) is 3. The van der Waals surface area contributed by atoms with Gasteiger partial charge in [-0.3, -0.25) is 0 Å². The zero-order valence-corrected chi connectivity index (χ0v) is 8.41. The quantitative estimate of drug-likeness (QED) is 0.730. The van der Waals surface area contributed by atoms with E-state index in [2.05, 4.69) is 4.98 Å². The summed E-state index contributed by atoms with van der Waals surface area (Å²) in [6, 6.07) is 0. The van der Waals surface area contributed by atoms with Crippen molar-refractivity contribution in [1.29, 1.82) is 0 Å². The molecule has 4 nitrogen and oxygen atoms in total. The number of nitrogens with zero attached hydrogens (tertiary/aromatic N) is 2. The van der Waals surface area contributed by atoms with Crippen LogP contribution in [0.15, 0.2) is 0 Å². The molecule has 0 amide bonds. The van der Waals surface area contributed by atoms with E-state index in [1.165, 1.54) is 0 Å². The average molecular weight is 183 g/mol. The summed E-state index contributed by atoms with van der Waals surface area (Å²) in [7, 11) is 0. The molecule has 1 rings (SSSR count). The minimum atomic E-state index is -0.0802. The summed E-state index contributed by atoms with van der Waals surface area (Å²) < 4.78 is 1.90. The summed E-state index contributed by atoms with van der Waals surface area (Å²) in [5.74, 6) is 0.871. The predicted molar refractivity (Wildman–Crippen MR) is 51.1 cm³/mol. The molecule has 1 aromatic heterocycles. The molecule has 13 heavy (non-hydrogen) atoms. The molecule has 0 spiro atoms. The summed E-state index contributed by atoms with van der Waals surface area (Å²) in [6.07, 6.45) is 0.757. The Balaban J connectivity index is 3.16. The van der Waals surface area contributed by atoms with Crippen LogP contribution < -0.4 is 5.73 Å². The van der Waals surface area contributed by atoms with Crippen LogP contribution in [-0.4, -0.2) is 14.7 Å². The number of aliphatic hydroxyl groups excluding tert-OH is 1. The SMILES string of the molecule is CCC(N)n1c(C)nc(C)c1CO. The van der Waals surface area contributed by atoms with Gasteiger partial charge in [0.2, 0.25) is 0 Å². The maximum Gasteiger partial charge on any atom is 0.107 e. The number of hydrogen-bond donors (Lipinski definition) is 2. The molecule has 1 atom stereocenters. The van der Waals surface area contributed by atoms with E-state index in [0.29, 0.717) is 0 Å². The first kappa shape index (κ1) is 10.2. The highest BCUT2D eigenvalue weighted by Crippen LogP contribution is 2.16. The fourth-order valence-corrected chi connectivity index (χ4v) is 1.54. The number of imidazole rings is 1. The molecule has 4 heteroatoms. The van der Waals surface area contributed by atoms with Gasteiger partial charge in [-0.25, -0.2) is 4.98 Å². The van der Waals surface area contributed by atoms with E-state index >= 15 is 0 Å². The van der Waals surface area contributed by atoms with Gasteiger partial charge in [0.25, 0.3) is 0 Å². The molecule has 0 radical (unpaired) electrons. The Kier molecular flexibility index (Phi) is 3.06. The number of nitrogens with two attached hydrogens (primary N) is 1. The van der Waals surface area contributed by atoms with Gasteiger partial charge in [0.1, 0.15) is 5.82 Å². The first-order valence-corrected chi connectivity index (χ1v) is 4.52. The van der Waals surface area contributed by atoms with Crippen molar-refractivity contribution >= 4 is 0 Å². The van der Waals surface area contributed by atoms with Crippen LogP contribution in [-0.2, 0) is 6.61 Å². The Bertz CT molecular complexity index is 293. The van der Waals surface area contributed by atoms with Gasteiger partial charge in [-0.05, 0) is 20.3 Å². The van der Waals surface area contributed by atoms with Crippen molar-refractivity contribution in [2.24, 2.45) is 5.73 Å². The lowest BCUT2D eigenvalue weighted by Gasteiger charge is -2.15. The average Bonchev–Trinajstić information content (AvgIpc) is 2.39. The zero-order valence-electron chi connectivity index (χ0n) is 8.41. The molecule has 0 aliphatic carbocycles. The lowest BCUT2D eigenvalue weighted by molar-refractivity contribution is 0.264. The summed E-state index contributed by atoms with van der Waals surface area (Å²) >= 11 is 0. The molecule has 1 aromatic rings. The van der Waals surface area contributed by atoms with Gasteiger partial charge in [-0.1, -0.05) is 6.92 Å². The van der Waals surface area contributed by atoms with Crippen LogP contribution in [0.4, 0.5) is 0 Å². The van der Waals surface area contributed by atoms with Gasteiger partial charge in [-0.2, -0.15) is 0 Å². The summed E-state index contributed by atoms with van der Waals surface area (Å²) in [6.45, 7) is 5.81. The lowest BCUT2D eigenvalue weighted by Crippen LogP contribution is -2.21. The molecule has 0 aromatic carbocycles. The topological polar surface area (TPSA) is 64.1 Å². The van der Waals surface area contributed by atoms with Gasteiger partial charge < -0.3 is 15.4 Å². The van der Waals surface area contributed by atoms with E-state index in [9.17, 15) is 0 Å². The van der Waals surface area contributed by atoms with Crippen molar-refractivity contribution in [1.82, 2.24) is 9.55 Å². The zero-order chi connectivity index (χ0) is 10.0.